The molecule has 4 nitrogen and oxygen atoms in total. The average molecular weight is 619 g/mol. The SMILES string of the molecule is CCCCCCCCCCc1ccc(-c2ccc(OCC3CCC(OC(=O)[C@@H](F)CCCC)CC3)c(Br)c2)nc1. The van der Waals surface area contributed by atoms with E-state index < -0.39 is 12.1 Å². The Morgan fingerprint density at radius 1 is 0.950 bits per heavy atom. The summed E-state index contributed by atoms with van der Waals surface area (Å²) in [5.74, 6) is 0.530. The van der Waals surface area contributed by atoms with Crippen LogP contribution in [0.15, 0.2) is 41.0 Å². The number of pyridine rings is 1. The normalized spacial score (nSPS) is 17.9. The van der Waals surface area contributed by atoms with E-state index in [0.29, 0.717) is 18.9 Å². The van der Waals surface area contributed by atoms with Crippen molar-refractivity contribution in [3.8, 4) is 17.0 Å². The third kappa shape index (κ3) is 11.5. The number of unbranched alkanes of at least 4 members (excludes halogenated alkanes) is 8. The highest BCUT2D eigenvalue weighted by molar-refractivity contribution is 9.10. The molecular weight excluding hydrogens is 569 g/mol. The Morgan fingerprint density at radius 3 is 2.30 bits per heavy atom. The van der Waals surface area contributed by atoms with Crippen LogP contribution >= 0.6 is 15.9 Å². The maximum Gasteiger partial charge on any atom is 0.340 e. The van der Waals surface area contributed by atoms with Crippen molar-refractivity contribution in [3.63, 3.8) is 0 Å². The Labute approximate surface area is 250 Å². The molecule has 1 aliphatic rings. The third-order valence-electron chi connectivity index (χ3n) is 7.99. The summed E-state index contributed by atoms with van der Waals surface area (Å²) in [4.78, 5) is 16.7. The number of hydrogen-bond acceptors (Lipinski definition) is 4. The van der Waals surface area contributed by atoms with E-state index >= 15 is 0 Å². The van der Waals surface area contributed by atoms with E-state index in [1.165, 1.54) is 56.9 Å². The number of nitrogens with zero attached hydrogens (tertiary/aromatic N) is 1. The van der Waals surface area contributed by atoms with Crippen molar-refractivity contribution in [1.82, 2.24) is 4.98 Å². The van der Waals surface area contributed by atoms with E-state index in [-0.39, 0.29) is 12.5 Å². The van der Waals surface area contributed by atoms with Gasteiger partial charge >= 0.3 is 5.97 Å². The second-order valence-electron chi connectivity index (χ2n) is 11.4. The number of aromatic nitrogens is 1. The summed E-state index contributed by atoms with van der Waals surface area (Å²) in [7, 11) is 0. The molecule has 1 aromatic carbocycles. The third-order valence-corrected chi connectivity index (χ3v) is 8.61. The van der Waals surface area contributed by atoms with Gasteiger partial charge in [0, 0.05) is 11.8 Å². The molecular formula is C34H49BrFNO3. The van der Waals surface area contributed by atoms with Crippen molar-refractivity contribution in [3.05, 3.63) is 46.6 Å². The fraction of sp³-hybridized carbons (Fsp3) is 0.647. The summed E-state index contributed by atoms with van der Waals surface area (Å²) >= 11 is 3.67. The second-order valence-corrected chi connectivity index (χ2v) is 12.3. The van der Waals surface area contributed by atoms with Gasteiger partial charge in [-0.25, -0.2) is 9.18 Å². The number of alkyl halides is 1. The Balaban J connectivity index is 1.37. The summed E-state index contributed by atoms with van der Waals surface area (Å²) in [5.41, 5.74) is 3.33. The van der Waals surface area contributed by atoms with Crippen LogP contribution in [0.5, 0.6) is 5.75 Å². The first-order valence-electron chi connectivity index (χ1n) is 15.7. The predicted octanol–water partition coefficient (Wildman–Crippen LogP) is 10.2. The monoisotopic (exact) mass is 617 g/mol. The number of hydrogen-bond donors (Lipinski definition) is 0. The van der Waals surface area contributed by atoms with E-state index in [2.05, 4.69) is 47.1 Å². The van der Waals surface area contributed by atoms with E-state index in [4.69, 9.17) is 14.5 Å². The molecule has 1 aliphatic carbocycles. The smallest absolute Gasteiger partial charge is 0.340 e. The summed E-state index contributed by atoms with van der Waals surface area (Å²) in [6.45, 7) is 4.87. The van der Waals surface area contributed by atoms with E-state index in [1.54, 1.807) is 0 Å². The number of carbonyl (C=O) groups is 1. The molecule has 0 bridgehead atoms. The van der Waals surface area contributed by atoms with Gasteiger partial charge in [0.25, 0.3) is 0 Å². The van der Waals surface area contributed by atoms with Crippen LogP contribution in [0.4, 0.5) is 4.39 Å². The lowest BCUT2D eigenvalue weighted by Crippen LogP contribution is -2.30. The summed E-state index contributed by atoms with van der Waals surface area (Å²) < 4.78 is 26.4. The van der Waals surface area contributed by atoms with E-state index in [0.717, 1.165) is 60.0 Å². The number of carbonyl (C=O) groups excluding carboxylic acids is 1. The molecule has 0 spiro atoms. The molecule has 1 saturated carbocycles. The molecule has 222 valence electrons. The molecule has 2 aromatic rings. The van der Waals surface area contributed by atoms with Crippen LogP contribution in [0, 0.1) is 5.92 Å². The van der Waals surface area contributed by atoms with Gasteiger partial charge in [-0.1, -0.05) is 77.7 Å². The van der Waals surface area contributed by atoms with Crippen LogP contribution < -0.4 is 4.74 Å². The maximum absolute atomic E-state index is 13.9. The van der Waals surface area contributed by atoms with Gasteiger partial charge in [-0.15, -0.1) is 0 Å². The Bertz CT molecular complexity index is 991. The number of rotatable bonds is 18. The van der Waals surface area contributed by atoms with Crippen molar-refractivity contribution in [2.24, 2.45) is 5.92 Å². The predicted molar refractivity (Wildman–Crippen MR) is 165 cm³/mol. The van der Waals surface area contributed by atoms with Gasteiger partial charge in [0.15, 0.2) is 6.17 Å². The van der Waals surface area contributed by atoms with Crippen molar-refractivity contribution in [1.29, 1.82) is 0 Å². The van der Waals surface area contributed by atoms with Crippen LogP contribution in [0.1, 0.15) is 116 Å². The van der Waals surface area contributed by atoms with Crippen molar-refractivity contribution >= 4 is 21.9 Å². The van der Waals surface area contributed by atoms with Crippen LogP contribution in [0.3, 0.4) is 0 Å². The van der Waals surface area contributed by atoms with Gasteiger partial charge in [-0.2, -0.15) is 0 Å². The lowest BCUT2D eigenvalue weighted by atomic mass is 9.88. The van der Waals surface area contributed by atoms with Gasteiger partial charge in [0.05, 0.1) is 16.8 Å². The largest absolute Gasteiger partial charge is 0.492 e. The number of benzene rings is 1. The quantitative estimate of drug-likeness (QED) is 0.123. The number of ether oxygens (including phenoxy) is 2. The van der Waals surface area contributed by atoms with Crippen molar-refractivity contribution in [2.45, 2.75) is 129 Å². The molecule has 0 radical (unpaired) electrons. The average Bonchev–Trinajstić information content (AvgIpc) is 2.97. The molecule has 6 heteroatoms. The molecule has 1 heterocycles. The molecule has 1 aromatic heterocycles. The Kier molecular flexibility index (Phi) is 15.0. The summed E-state index contributed by atoms with van der Waals surface area (Å²) in [6, 6.07) is 10.4. The van der Waals surface area contributed by atoms with Gasteiger partial charge in [-0.05, 0) is 96.6 Å². The zero-order chi connectivity index (χ0) is 28.6. The highest BCUT2D eigenvalue weighted by Gasteiger charge is 2.27. The van der Waals surface area contributed by atoms with Crippen LogP contribution in [-0.2, 0) is 16.0 Å². The molecule has 0 saturated heterocycles. The van der Waals surface area contributed by atoms with Crippen molar-refractivity contribution < 1.29 is 18.7 Å². The minimum atomic E-state index is -1.49. The Hall–Kier alpha value is -1.95. The zero-order valence-electron chi connectivity index (χ0n) is 24.6. The highest BCUT2D eigenvalue weighted by atomic mass is 79.9. The molecule has 0 unspecified atom stereocenters. The topological polar surface area (TPSA) is 48.4 Å². The number of esters is 1. The Morgan fingerprint density at radius 2 is 1.65 bits per heavy atom. The highest BCUT2D eigenvalue weighted by Crippen LogP contribution is 2.32. The number of halogens is 2. The molecule has 0 N–H and O–H groups in total. The fourth-order valence-electron chi connectivity index (χ4n) is 5.35. The van der Waals surface area contributed by atoms with Crippen molar-refractivity contribution in [2.75, 3.05) is 6.61 Å². The lowest BCUT2D eigenvalue weighted by Gasteiger charge is -2.28. The first kappa shape index (κ1) is 32.6. The maximum atomic E-state index is 13.9. The van der Waals surface area contributed by atoms with Gasteiger partial charge in [0.1, 0.15) is 11.9 Å². The van der Waals surface area contributed by atoms with Gasteiger partial charge in [0.2, 0.25) is 0 Å². The molecule has 0 amide bonds. The van der Waals surface area contributed by atoms with Crippen LogP contribution in [0.25, 0.3) is 11.3 Å². The molecule has 0 aliphatic heterocycles. The molecule has 1 fully saturated rings. The molecule has 3 rings (SSSR count). The van der Waals surface area contributed by atoms with Gasteiger partial charge in [-0.3, -0.25) is 4.98 Å². The minimum Gasteiger partial charge on any atom is -0.492 e. The van der Waals surface area contributed by atoms with Gasteiger partial charge < -0.3 is 9.47 Å². The van der Waals surface area contributed by atoms with E-state index in [9.17, 15) is 9.18 Å². The summed E-state index contributed by atoms with van der Waals surface area (Å²) in [6.07, 6.45) is 17.3. The first-order valence-corrected chi connectivity index (χ1v) is 16.5. The molecule has 1 atom stereocenters. The summed E-state index contributed by atoms with van der Waals surface area (Å²) in [5, 5.41) is 0. The minimum absolute atomic E-state index is 0.172. The van der Waals surface area contributed by atoms with E-state index in [1.807, 2.05) is 19.2 Å². The first-order chi connectivity index (χ1) is 19.5. The zero-order valence-corrected chi connectivity index (χ0v) is 26.2. The lowest BCUT2D eigenvalue weighted by molar-refractivity contribution is -0.157. The molecule has 40 heavy (non-hydrogen) atoms. The van der Waals surface area contributed by atoms with Crippen LogP contribution in [-0.4, -0.2) is 29.8 Å². The standard InChI is InChI=1S/C34H49BrFNO3/c1-3-5-7-8-9-10-11-12-13-26-17-21-32(37-24-26)28-18-22-33(30(35)23-28)39-25-27-15-19-29(20-16-27)40-34(38)31(36)14-6-4-2/h17-18,21-24,27,29,31H,3-16,19-20,25H2,1-2H3/t27?,29?,31-/m0/s1. The second kappa shape index (κ2) is 18.5. The van der Waals surface area contributed by atoms with Crippen LogP contribution in [0.2, 0.25) is 0 Å². The number of aryl methyl sites for hydroxylation is 1. The fourth-order valence-corrected chi connectivity index (χ4v) is 5.84.